The van der Waals surface area contributed by atoms with E-state index in [1.54, 1.807) is 12.1 Å². The molecule has 9 nitrogen and oxygen atoms in total. The van der Waals surface area contributed by atoms with Gasteiger partial charge >= 0.3 is 59.1 Å². The van der Waals surface area contributed by atoms with Gasteiger partial charge in [0.05, 0.1) is 25.2 Å². The molecular formula is C18H22N2Na2O7. The number of nitrogens with zero attached hydrogens (tertiary/aromatic N) is 2. The van der Waals surface area contributed by atoms with Crippen LogP contribution in [0.2, 0.25) is 0 Å². The molecule has 29 heavy (non-hydrogen) atoms. The summed E-state index contributed by atoms with van der Waals surface area (Å²) >= 11 is 0. The van der Waals surface area contributed by atoms with Gasteiger partial charge in [-0.2, -0.15) is 0 Å². The molecule has 0 saturated carbocycles. The molecule has 0 bridgehead atoms. The number of hydrogen-bond acceptors (Lipinski definition) is 9. The summed E-state index contributed by atoms with van der Waals surface area (Å²) in [7, 11) is 0. The van der Waals surface area contributed by atoms with Crippen molar-refractivity contribution in [3.8, 4) is 5.75 Å². The Morgan fingerprint density at radius 1 is 0.966 bits per heavy atom. The van der Waals surface area contributed by atoms with Crippen LogP contribution in [0.1, 0.15) is 37.5 Å². The van der Waals surface area contributed by atoms with Crippen molar-refractivity contribution in [3.63, 3.8) is 0 Å². The number of aliphatic carboxylic acids is 2. The normalized spacial score (nSPS) is 13.6. The quantitative estimate of drug-likeness (QED) is 0.275. The Labute approximate surface area is 213 Å². The summed E-state index contributed by atoms with van der Waals surface area (Å²) in [6, 6.07) is 0.193. The summed E-state index contributed by atoms with van der Waals surface area (Å²) in [4.78, 5) is 29.1. The number of hydrogen-bond donors (Lipinski definition) is 3. The van der Waals surface area contributed by atoms with E-state index in [0.29, 0.717) is 0 Å². The molecule has 0 aliphatic carbocycles. The van der Waals surface area contributed by atoms with E-state index in [9.17, 15) is 24.9 Å². The van der Waals surface area contributed by atoms with Crippen LogP contribution in [0.4, 0.5) is 0 Å². The Hall–Kier alpha value is -0.780. The minimum atomic E-state index is -1.57. The number of aliphatic hydroxyl groups is 2. The van der Waals surface area contributed by atoms with Crippen LogP contribution in [0.25, 0.3) is 0 Å². The Morgan fingerprint density at radius 2 is 1.31 bits per heavy atom. The number of aliphatic imine (C=N–C) groups is 2. The van der Waals surface area contributed by atoms with Crippen LogP contribution >= 0.6 is 0 Å². The van der Waals surface area contributed by atoms with Gasteiger partial charge in [0.2, 0.25) is 0 Å². The predicted molar refractivity (Wildman–Crippen MR) is 93.8 cm³/mol. The third-order valence-corrected chi connectivity index (χ3v) is 3.71. The number of carboxylic acid groups (broad SMARTS) is 2. The zero-order chi connectivity index (χ0) is 20.8. The number of aromatic hydroxyl groups is 1. The number of carbonyl (C=O) groups excluding carboxylic acids is 2. The zero-order valence-electron chi connectivity index (χ0n) is 17.2. The second-order valence-corrected chi connectivity index (χ2v) is 6.84. The van der Waals surface area contributed by atoms with E-state index in [2.05, 4.69) is 9.98 Å². The average Bonchev–Trinajstić information content (AvgIpc) is 2.56. The number of aliphatic hydroxyl groups excluding tert-OH is 2. The van der Waals surface area contributed by atoms with E-state index >= 15 is 0 Å². The fourth-order valence-corrected chi connectivity index (χ4v) is 2.02. The number of phenolic OH excluding ortho intramolecular Hbond substituents is 1. The van der Waals surface area contributed by atoms with E-state index in [0.717, 1.165) is 18.0 Å². The topological polar surface area (TPSA) is 166 Å². The second kappa shape index (κ2) is 13.5. The van der Waals surface area contributed by atoms with Gasteiger partial charge < -0.3 is 35.1 Å². The molecule has 1 aromatic carbocycles. The van der Waals surface area contributed by atoms with Crippen LogP contribution in [0.3, 0.4) is 0 Å². The van der Waals surface area contributed by atoms with Gasteiger partial charge in [0.1, 0.15) is 17.8 Å². The maximum Gasteiger partial charge on any atom is 1.00 e. The van der Waals surface area contributed by atoms with Crippen molar-refractivity contribution in [1.29, 1.82) is 0 Å². The molecule has 0 heterocycles. The summed E-state index contributed by atoms with van der Waals surface area (Å²) in [5.41, 5.74) is 0.662. The van der Waals surface area contributed by atoms with Crippen LogP contribution in [0.5, 0.6) is 5.75 Å². The van der Waals surface area contributed by atoms with Crippen LogP contribution in [-0.2, 0) is 15.0 Å². The Bertz CT molecular complexity index is 708. The molecule has 3 N–H and O–H groups in total. The van der Waals surface area contributed by atoms with Crippen molar-refractivity contribution in [2.24, 2.45) is 9.98 Å². The second-order valence-electron chi connectivity index (χ2n) is 6.84. The molecule has 0 saturated heterocycles. The van der Waals surface area contributed by atoms with Gasteiger partial charge in [-0.15, -0.1) is 0 Å². The van der Waals surface area contributed by atoms with E-state index in [4.69, 9.17) is 10.2 Å². The number of benzene rings is 1. The van der Waals surface area contributed by atoms with Gasteiger partial charge in [-0.25, -0.2) is 0 Å². The molecule has 0 radical (unpaired) electrons. The molecule has 0 fully saturated rings. The molecule has 11 heteroatoms. The summed E-state index contributed by atoms with van der Waals surface area (Å²) in [5, 5.41) is 50.1. The molecule has 0 aliphatic heterocycles. The number of carboxylic acids is 2. The molecule has 0 aliphatic rings. The minimum absolute atomic E-state index is 0. The smallest absolute Gasteiger partial charge is 0.548 e. The zero-order valence-corrected chi connectivity index (χ0v) is 21.2. The average molecular weight is 424 g/mol. The van der Waals surface area contributed by atoms with Crippen LogP contribution < -0.4 is 69.3 Å². The Kier molecular flexibility index (Phi) is 14.2. The largest absolute Gasteiger partial charge is 1.00 e. The monoisotopic (exact) mass is 424 g/mol. The number of carbonyl (C=O) groups is 2. The van der Waals surface area contributed by atoms with Gasteiger partial charge in [-0.1, -0.05) is 20.8 Å². The first-order chi connectivity index (χ1) is 12.5. The van der Waals surface area contributed by atoms with Crippen molar-refractivity contribution in [3.05, 3.63) is 28.8 Å². The standard InChI is InChI=1S/C18H24N2O7.2Na/c1-18(2,3)12-4-10(6-19-13(8-21)16(24)25)15(23)11(5-12)7-20-14(9-22)17(26)27;;/h4-7,13-14,21-23H,8-9H2,1-3H3,(H,24,25)(H,26,27);;/q;2*+1/p-2/t13-,14-;;/m0../s1. The van der Waals surface area contributed by atoms with E-state index < -0.39 is 37.2 Å². The Balaban J connectivity index is 0. The minimum Gasteiger partial charge on any atom is -0.548 e. The Morgan fingerprint density at radius 3 is 1.55 bits per heavy atom. The SMILES string of the molecule is CC(C)(C)c1cc(C=N[C@@H](CO)C(=O)[O-])c(O)c(C=N[C@@H](CO)C(=O)[O-])c1.[Na+].[Na+]. The predicted octanol–water partition coefficient (Wildman–Crippen LogP) is -8.24. The first-order valence-corrected chi connectivity index (χ1v) is 8.08. The number of phenols is 1. The van der Waals surface area contributed by atoms with E-state index in [-0.39, 0.29) is 81.4 Å². The molecule has 0 aromatic heterocycles. The van der Waals surface area contributed by atoms with Crippen molar-refractivity contribution < 1.29 is 94.2 Å². The van der Waals surface area contributed by atoms with E-state index in [1.807, 2.05) is 20.8 Å². The maximum absolute atomic E-state index is 10.9. The van der Waals surface area contributed by atoms with Gasteiger partial charge in [-0.3, -0.25) is 9.98 Å². The molecule has 0 unspecified atom stereocenters. The fraction of sp³-hybridized carbons (Fsp3) is 0.444. The van der Waals surface area contributed by atoms with Gasteiger partial charge in [0, 0.05) is 23.6 Å². The summed E-state index contributed by atoms with van der Waals surface area (Å²) in [5.74, 6) is -3.45. The fourth-order valence-electron chi connectivity index (χ4n) is 2.02. The van der Waals surface area contributed by atoms with Crippen LogP contribution in [0.15, 0.2) is 22.1 Å². The number of rotatable bonds is 8. The first kappa shape index (κ1) is 30.4. The molecular weight excluding hydrogens is 402 g/mol. The third-order valence-electron chi connectivity index (χ3n) is 3.71. The molecule has 2 atom stereocenters. The van der Waals surface area contributed by atoms with Gasteiger partial charge in [0.15, 0.2) is 0 Å². The van der Waals surface area contributed by atoms with Crippen molar-refractivity contribution in [2.75, 3.05) is 13.2 Å². The molecule has 0 amide bonds. The summed E-state index contributed by atoms with van der Waals surface area (Å²) < 4.78 is 0. The molecule has 1 rings (SSSR count). The van der Waals surface area contributed by atoms with Crippen molar-refractivity contribution in [1.82, 2.24) is 0 Å². The molecule has 0 spiro atoms. The van der Waals surface area contributed by atoms with Gasteiger partial charge in [0.25, 0.3) is 0 Å². The third kappa shape index (κ3) is 9.27. The summed E-state index contributed by atoms with van der Waals surface area (Å²) in [6.07, 6.45) is 2.17. The van der Waals surface area contributed by atoms with E-state index in [1.165, 1.54) is 0 Å². The first-order valence-electron chi connectivity index (χ1n) is 8.08. The summed E-state index contributed by atoms with van der Waals surface area (Å²) in [6.45, 7) is 4.16. The molecule has 148 valence electrons. The van der Waals surface area contributed by atoms with Crippen LogP contribution in [-0.4, -0.2) is 65.0 Å². The van der Waals surface area contributed by atoms with Crippen molar-refractivity contribution in [2.45, 2.75) is 38.3 Å². The van der Waals surface area contributed by atoms with Crippen molar-refractivity contribution >= 4 is 24.4 Å². The maximum atomic E-state index is 10.9. The van der Waals surface area contributed by atoms with Gasteiger partial charge in [-0.05, 0) is 23.1 Å². The van der Waals surface area contributed by atoms with Crippen LogP contribution in [0, 0.1) is 0 Å². The molecule has 1 aromatic rings.